The topological polar surface area (TPSA) is 40.6 Å². The van der Waals surface area contributed by atoms with Gasteiger partial charge in [-0.05, 0) is 29.3 Å². The molecule has 0 saturated carbocycles. The molecule has 0 unspecified atom stereocenters. The summed E-state index contributed by atoms with van der Waals surface area (Å²) < 4.78 is 0. The molecule has 1 aromatic carbocycles. The van der Waals surface area contributed by atoms with Gasteiger partial charge in [0.15, 0.2) is 0 Å². The highest BCUT2D eigenvalue weighted by Crippen LogP contribution is 2.16. The number of hydrogen-bond acceptors (Lipinski definition) is 3. The van der Waals surface area contributed by atoms with Crippen LogP contribution < -0.4 is 0 Å². The van der Waals surface area contributed by atoms with E-state index in [0.29, 0.717) is 32.0 Å². The molecule has 0 aliphatic heterocycles. The van der Waals surface area contributed by atoms with Gasteiger partial charge in [0, 0.05) is 24.4 Å². The third kappa shape index (κ3) is 7.12. The number of rotatable bonds is 11. The van der Waals surface area contributed by atoms with Crippen molar-refractivity contribution < 1.29 is 9.59 Å². The van der Waals surface area contributed by atoms with E-state index in [0.717, 1.165) is 23.3 Å². The van der Waals surface area contributed by atoms with E-state index in [4.69, 9.17) is 0 Å². The van der Waals surface area contributed by atoms with Crippen LogP contribution >= 0.6 is 11.3 Å². The van der Waals surface area contributed by atoms with Crippen molar-refractivity contribution in [1.82, 2.24) is 9.80 Å². The fourth-order valence-electron chi connectivity index (χ4n) is 3.02. The van der Waals surface area contributed by atoms with Gasteiger partial charge < -0.3 is 9.80 Å². The second-order valence-electron chi connectivity index (χ2n) is 7.35. The van der Waals surface area contributed by atoms with Crippen LogP contribution in [0.2, 0.25) is 0 Å². The maximum atomic E-state index is 13.2. The lowest BCUT2D eigenvalue weighted by Gasteiger charge is -2.29. The predicted molar refractivity (Wildman–Crippen MR) is 116 cm³/mol. The van der Waals surface area contributed by atoms with E-state index in [-0.39, 0.29) is 18.4 Å². The minimum absolute atomic E-state index is 0.00464. The van der Waals surface area contributed by atoms with Crippen molar-refractivity contribution in [2.45, 2.75) is 53.1 Å². The van der Waals surface area contributed by atoms with Crippen LogP contribution in [0.4, 0.5) is 0 Å². The molecule has 2 aromatic rings. The number of carbonyl (C=O) groups excluding carboxylic acids is 2. The van der Waals surface area contributed by atoms with E-state index in [1.54, 1.807) is 16.2 Å². The van der Waals surface area contributed by atoms with Gasteiger partial charge in [-0.1, -0.05) is 63.6 Å². The van der Waals surface area contributed by atoms with Gasteiger partial charge in [0.05, 0.1) is 13.1 Å². The summed E-state index contributed by atoms with van der Waals surface area (Å²) in [7, 11) is 0. The Balaban J connectivity index is 2.14. The molecule has 0 fully saturated rings. The maximum absolute atomic E-state index is 13.2. The molecule has 0 aliphatic rings. The Morgan fingerprint density at radius 2 is 1.71 bits per heavy atom. The predicted octanol–water partition coefficient (Wildman–Crippen LogP) is 4.95. The molecule has 1 heterocycles. The van der Waals surface area contributed by atoms with Crippen molar-refractivity contribution in [2.24, 2.45) is 5.92 Å². The van der Waals surface area contributed by atoms with Crippen LogP contribution in [0.25, 0.3) is 0 Å². The summed E-state index contributed by atoms with van der Waals surface area (Å²) in [5, 5.41) is 2.03. The van der Waals surface area contributed by atoms with E-state index >= 15 is 0 Å². The molecular formula is C23H32N2O2S. The van der Waals surface area contributed by atoms with Crippen molar-refractivity contribution in [1.29, 1.82) is 0 Å². The van der Waals surface area contributed by atoms with Gasteiger partial charge in [-0.2, -0.15) is 0 Å². The summed E-state index contributed by atoms with van der Waals surface area (Å²) in [6.07, 6.45) is 2.29. The smallest absolute Gasteiger partial charge is 0.242 e. The molecule has 0 saturated heterocycles. The molecule has 0 bridgehead atoms. The normalized spacial score (nSPS) is 11.8. The van der Waals surface area contributed by atoms with Crippen LogP contribution in [0.5, 0.6) is 0 Å². The molecular weight excluding hydrogens is 368 g/mol. The van der Waals surface area contributed by atoms with Gasteiger partial charge >= 0.3 is 0 Å². The first kappa shape index (κ1) is 22.2. The van der Waals surface area contributed by atoms with Crippen molar-refractivity contribution in [3.63, 3.8) is 0 Å². The molecule has 4 nitrogen and oxygen atoms in total. The molecule has 5 heteroatoms. The summed E-state index contributed by atoms with van der Waals surface area (Å²) in [5.41, 5.74) is 1.10. The van der Waals surface area contributed by atoms with Crippen LogP contribution in [0.1, 0.15) is 50.5 Å². The highest BCUT2D eigenvalue weighted by molar-refractivity contribution is 7.09. The van der Waals surface area contributed by atoms with Crippen LogP contribution in [0.3, 0.4) is 0 Å². The SMILES string of the molecule is CCCC(=O)N(CC(=O)N(Cc1ccccc1)Cc1cccs1)C[C@@H](C)CC. The average Bonchev–Trinajstić information content (AvgIpc) is 3.21. The second-order valence-corrected chi connectivity index (χ2v) is 8.38. The van der Waals surface area contributed by atoms with Gasteiger partial charge in [-0.25, -0.2) is 0 Å². The third-order valence-corrected chi connectivity index (χ3v) is 5.73. The van der Waals surface area contributed by atoms with Gasteiger partial charge in [0.1, 0.15) is 0 Å². The molecule has 1 aromatic heterocycles. The molecule has 28 heavy (non-hydrogen) atoms. The van der Waals surface area contributed by atoms with Crippen molar-refractivity contribution in [2.75, 3.05) is 13.1 Å². The third-order valence-electron chi connectivity index (χ3n) is 4.87. The number of nitrogens with zero attached hydrogens (tertiary/aromatic N) is 2. The standard InChI is InChI=1S/C23H32N2O2S/c1-4-10-22(26)24(15-19(3)5-2)18-23(27)25(17-21-13-9-14-28-21)16-20-11-7-6-8-12-20/h6-9,11-14,19H,4-5,10,15-18H2,1-3H3/t19-/m0/s1. The minimum Gasteiger partial charge on any atom is -0.333 e. The maximum Gasteiger partial charge on any atom is 0.242 e. The van der Waals surface area contributed by atoms with Crippen LogP contribution in [0, 0.1) is 5.92 Å². The summed E-state index contributed by atoms with van der Waals surface area (Å²) in [6, 6.07) is 14.1. The monoisotopic (exact) mass is 400 g/mol. The number of amides is 2. The number of benzene rings is 1. The Hall–Kier alpha value is -2.14. The number of thiophene rings is 1. The van der Waals surface area contributed by atoms with E-state index in [2.05, 4.69) is 19.9 Å². The van der Waals surface area contributed by atoms with Gasteiger partial charge in [0.25, 0.3) is 0 Å². The second kappa shape index (κ2) is 11.6. The van der Waals surface area contributed by atoms with E-state index in [1.165, 1.54) is 0 Å². The highest BCUT2D eigenvalue weighted by atomic mass is 32.1. The number of hydrogen-bond donors (Lipinski definition) is 0. The Labute approximate surface area is 173 Å². The van der Waals surface area contributed by atoms with E-state index in [9.17, 15) is 9.59 Å². The molecule has 0 radical (unpaired) electrons. The molecule has 0 spiro atoms. The highest BCUT2D eigenvalue weighted by Gasteiger charge is 2.22. The summed E-state index contributed by atoms with van der Waals surface area (Å²) in [6.45, 7) is 8.17. The summed E-state index contributed by atoms with van der Waals surface area (Å²) in [5.74, 6) is 0.463. The summed E-state index contributed by atoms with van der Waals surface area (Å²) >= 11 is 1.65. The van der Waals surface area contributed by atoms with Crippen molar-refractivity contribution in [3.05, 3.63) is 58.3 Å². The van der Waals surface area contributed by atoms with E-state index in [1.807, 2.05) is 53.6 Å². The average molecular weight is 401 g/mol. The van der Waals surface area contributed by atoms with Gasteiger partial charge in [-0.15, -0.1) is 11.3 Å². The molecule has 2 rings (SSSR count). The van der Waals surface area contributed by atoms with Gasteiger partial charge in [-0.3, -0.25) is 9.59 Å². The zero-order chi connectivity index (χ0) is 20.4. The van der Waals surface area contributed by atoms with Gasteiger partial charge in [0.2, 0.25) is 11.8 Å². The lowest BCUT2D eigenvalue weighted by Crippen LogP contribution is -2.44. The first-order chi connectivity index (χ1) is 13.5. The summed E-state index contributed by atoms with van der Waals surface area (Å²) in [4.78, 5) is 30.6. The fraction of sp³-hybridized carbons (Fsp3) is 0.478. The Bertz CT molecular complexity index is 715. The lowest BCUT2D eigenvalue weighted by molar-refractivity contribution is -0.141. The quantitative estimate of drug-likeness (QED) is 0.535. The van der Waals surface area contributed by atoms with Crippen LogP contribution in [0.15, 0.2) is 47.8 Å². The molecule has 152 valence electrons. The molecule has 0 aliphatic carbocycles. The number of carbonyl (C=O) groups is 2. The Kier molecular flexibility index (Phi) is 9.21. The lowest BCUT2D eigenvalue weighted by atomic mass is 10.1. The van der Waals surface area contributed by atoms with Crippen LogP contribution in [-0.2, 0) is 22.7 Å². The fourth-order valence-corrected chi connectivity index (χ4v) is 3.74. The Morgan fingerprint density at radius 1 is 0.964 bits per heavy atom. The molecule has 2 amide bonds. The molecule has 0 N–H and O–H groups in total. The van der Waals surface area contributed by atoms with E-state index < -0.39 is 0 Å². The largest absolute Gasteiger partial charge is 0.333 e. The zero-order valence-electron chi connectivity index (χ0n) is 17.3. The molecule has 1 atom stereocenters. The zero-order valence-corrected chi connectivity index (χ0v) is 18.1. The van der Waals surface area contributed by atoms with Crippen molar-refractivity contribution in [3.8, 4) is 0 Å². The minimum atomic E-state index is 0.00464. The Morgan fingerprint density at radius 3 is 2.32 bits per heavy atom. The van der Waals surface area contributed by atoms with Crippen LogP contribution in [-0.4, -0.2) is 34.7 Å². The van der Waals surface area contributed by atoms with Crippen molar-refractivity contribution >= 4 is 23.2 Å². The first-order valence-corrected chi connectivity index (χ1v) is 11.0. The first-order valence-electron chi connectivity index (χ1n) is 10.1.